The Morgan fingerprint density at radius 3 is 2.88 bits per heavy atom. The van der Waals surface area contributed by atoms with Crippen LogP contribution in [0.3, 0.4) is 0 Å². The van der Waals surface area contributed by atoms with Crippen molar-refractivity contribution in [3.63, 3.8) is 0 Å². The molecule has 0 aliphatic rings. The molecule has 0 spiro atoms. The van der Waals surface area contributed by atoms with Gasteiger partial charge in [0.25, 0.3) is 5.96 Å². The van der Waals surface area contributed by atoms with Crippen LogP contribution >= 0.6 is 0 Å². The number of nitrogens with two attached hydrogens (primary N) is 1. The van der Waals surface area contributed by atoms with Crippen molar-refractivity contribution >= 4 is 12.2 Å². The van der Waals surface area contributed by atoms with E-state index in [9.17, 15) is 5.11 Å². The van der Waals surface area contributed by atoms with E-state index in [1.807, 2.05) is 0 Å². The molecule has 0 aliphatic heterocycles. The van der Waals surface area contributed by atoms with Gasteiger partial charge in [-0.05, 0) is 28.9 Å². The number of rotatable bonds is 3. The number of methoxy groups -OCH3 is 1. The Morgan fingerprint density at radius 2 is 2.31 bits per heavy atom. The van der Waals surface area contributed by atoms with Crippen LogP contribution in [0.25, 0.3) is 0 Å². The average molecular weight is 224 g/mol. The Kier molecular flexibility index (Phi) is 3.96. The monoisotopic (exact) mass is 224 g/mol. The van der Waals surface area contributed by atoms with Crippen LogP contribution in [0.4, 0.5) is 0 Å². The number of aromatic hydroxyl groups is 1. The fraction of sp³-hybridized carbons (Fsp3) is 0.111. The van der Waals surface area contributed by atoms with Crippen molar-refractivity contribution in [1.82, 2.24) is 5.43 Å². The summed E-state index contributed by atoms with van der Waals surface area (Å²) < 4.78 is 4.88. The topological polar surface area (TPSA) is 112 Å². The first kappa shape index (κ1) is 11.6. The van der Waals surface area contributed by atoms with E-state index in [0.717, 1.165) is 0 Å². The van der Waals surface area contributed by atoms with Gasteiger partial charge in [-0.15, -0.1) is 0 Å². The van der Waals surface area contributed by atoms with Crippen LogP contribution in [0.1, 0.15) is 5.56 Å². The predicted molar refractivity (Wildman–Crippen MR) is 58.8 cm³/mol. The standard InChI is InChI=1S/C9H12N4O3/c1-16-8-3-2-6(4-7(8)14)5-11-12-9(10)13-15/h2-5,14-15H,1H3,(H3,10,12,13). The first-order valence-electron chi connectivity index (χ1n) is 4.31. The maximum atomic E-state index is 9.45. The fourth-order valence-corrected chi connectivity index (χ4v) is 0.983. The lowest BCUT2D eigenvalue weighted by molar-refractivity contribution is 0.316. The first-order valence-corrected chi connectivity index (χ1v) is 4.31. The molecule has 0 aromatic heterocycles. The van der Waals surface area contributed by atoms with Crippen molar-refractivity contribution in [2.75, 3.05) is 7.11 Å². The molecule has 7 heteroatoms. The molecular formula is C9H12N4O3. The van der Waals surface area contributed by atoms with E-state index >= 15 is 0 Å². The maximum Gasteiger partial charge on any atom is 0.251 e. The van der Waals surface area contributed by atoms with Crippen LogP contribution in [0.15, 0.2) is 28.5 Å². The van der Waals surface area contributed by atoms with E-state index in [4.69, 9.17) is 15.7 Å². The summed E-state index contributed by atoms with van der Waals surface area (Å²) in [6.07, 6.45) is 1.40. The zero-order chi connectivity index (χ0) is 12.0. The van der Waals surface area contributed by atoms with Gasteiger partial charge in [0.05, 0.1) is 13.3 Å². The van der Waals surface area contributed by atoms with Crippen LogP contribution in [-0.2, 0) is 0 Å². The summed E-state index contributed by atoms with van der Waals surface area (Å²) in [6.45, 7) is 0. The van der Waals surface area contributed by atoms with Crippen LogP contribution < -0.4 is 15.9 Å². The average Bonchev–Trinajstić information content (AvgIpc) is 2.29. The molecule has 1 aromatic rings. The molecule has 0 fully saturated rings. The number of hydrazone groups is 1. The second-order valence-electron chi connectivity index (χ2n) is 2.79. The van der Waals surface area contributed by atoms with Gasteiger partial charge in [0.1, 0.15) is 0 Å². The molecule has 0 amide bonds. The molecule has 1 rings (SSSR count). The molecule has 0 aliphatic carbocycles. The number of nitrogens with zero attached hydrogens (tertiary/aromatic N) is 2. The molecule has 0 radical (unpaired) electrons. The van der Waals surface area contributed by atoms with Crippen LogP contribution in [0.2, 0.25) is 0 Å². The Balaban J connectivity index is 2.71. The Hall–Kier alpha value is -2.44. The third-order valence-electron chi connectivity index (χ3n) is 1.70. The number of phenolic OH excluding ortho intramolecular Hbond substituents is 1. The number of hydrogen-bond acceptors (Lipinski definition) is 5. The van der Waals surface area contributed by atoms with Crippen LogP contribution in [-0.4, -0.2) is 29.6 Å². The lowest BCUT2D eigenvalue weighted by atomic mass is 10.2. The number of hydrogen-bond donors (Lipinski definition) is 4. The van der Waals surface area contributed by atoms with Crippen molar-refractivity contribution in [3.8, 4) is 11.5 Å². The van der Waals surface area contributed by atoms with Crippen molar-refractivity contribution in [3.05, 3.63) is 23.8 Å². The van der Waals surface area contributed by atoms with Crippen molar-refractivity contribution in [2.45, 2.75) is 0 Å². The fourth-order valence-electron chi connectivity index (χ4n) is 0.983. The molecule has 1 aromatic carbocycles. The minimum absolute atomic E-state index is 0.00949. The highest BCUT2D eigenvalue weighted by atomic mass is 16.5. The van der Waals surface area contributed by atoms with Gasteiger partial charge in [-0.1, -0.05) is 0 Å². The van der Waals surface area contributed by atoms with Gasteiger partial charge in [-0.25, -0.2) is 5.43 Å². The summed E-state index contributed by atoms with van der Waals surface area (Å²) in [6, 6.07) is 4.76. The quantitative estimate of drug-likeness (QED) is 0.250. The Bertz CT molecular complexity index is 417. The summed E-state index contributed by atoms with van der Waals surface area (Å²) in [7, 11) is 1.46. The van der Waals surface area contributed by atoms with E-state index < -0.39 is 0 Å². The zero-order valence-electron chi connectivity index (χ0n) is 8.58. The highest BCUT2D eigenvalue weighted by Crippen LogP contribution is 2.25. The molecule has 0 saturated heterocycles. The first-order chi connectivity index (χ1) is 7.67. The van der Waals surface area contributed by atoms with Crippen LogP contribution in [0, 0.1) is 0 Å². The third-order valence-corrected chi connectivity index (χ3v) is 1.70. The summed E-state index contributed by atoms with van der Waals surface area (Å²) in [5.41, 5.74) is 8.02. The highest BCUT2D eigenvalue weighted by molar-refractivity contribution is 5.83. The summed E-state index contributed by atoms with van der Waals surface area (Å²) in [4.78, 5) is 0. The minimum atomic E-state index is -0.228. The van der Waals surface area contributed by atoms with Crippen molar-refractivity contribution < 1.29 is 15.1 Å². The van der Waals surface area contributed by atoms with Gasteiger partial charge in [0.15, 0.2) is 11.5 Å². The van der Waals surface area contributed by atoms with Crippen LogP contribution in [0.5, 0.6) is 11.5 Å². The van der Waals surface area contributed by atoms with E-state index in [1.165, 1.54) is 19.4 Å². The number of nitrogens with one attached hydrogen (secondary N) is 1. The molecule has 0 unspecified atom stereocenters. The molecule has 7 nitrogen and oxygen atoms in total. The maximum absolute atomic E-state index is 9.45. The second kappa shape index (κ2) is 5.44. The Morgan fingerprint density at radius 1 is 1.56 bits per heavy atom. The lowest BCUT2D eigenvalue weighted by Gasteiger charge is -2.03. The van der Waals surface area contributed by atoms with Gasteiger partial charge >= 0.3 is 0 Å². The molecule has 5 N–H and O–H groups in total. The summed E-state index contributed by atoms with van der Waals surface area (Å²) >= 11 is 0. The van der Waals surface area contributed by atoms with E-state index in [0.29, 0.717) is 11.3 Å². The van der Waals surface area contributed by atoms with E-state index in [1.54, 1.807) is 12.1 Å². The molecular weight excluding hydrogens is 212 g/mol. The van der Waals surface area contributed by atoms with Crippen molar-refractivity contribution in [2.24, 2.45) is 16.0 Å². The largest absolute Gasteiger partial charge is 0.504 e. The summed E-state index contributed by atoms with van der Waals surface area (Å²) in [5.74, 6) is 0.158. The summed E-state index contributed by atoms with van der Waals surface area (Å²) in [5, 5.41) is 24.0. The second-order valence-corrected chi connectivity index (χ2v) is 2.79. The Labute approximate surface area is 91.8 Å². The molecule has 0 bridgehead atoms. The number of benzene rings is 1. The van der Waals surface area contributed by atoms with Gasteiger partial charge in [-0.3, -0.25) is 0 Å². The molecule has 86 valence electrons. The molecule has 0 heterocycles. The number of ether oxygens (including phenoxy) is 1. The number of guanidine groups is 1. The van der Waals surface area contributed by atoms with Gasteiger partial charge in [-0.2, -0.15) is 5.10 Å². The zero-order valence-corrected chi connectivity index (χ0v) is 8.58. The van der Waals surface area contributed by atoms with Crippen molar-refractivity contribution in [1.29, 1.82) is 0 Å². The molecule has 0 atom stereocenters. The number of phenols is 1. The lowest BCUT2D eigenvalue weighted by Crippen LogP contribution is -2.26. The normalized spacial score (nSPS) is 11.7. The van der Waals surface area contributed by atoms with E-state index in [2.05, 4.69) is 15.7 Å². The van der Waals surface area contributed by atoms with E-state index in [-0.39, 0.29) is 11.7 Å². The van der Waals surface area contributed by atoms with Gasteiger partial charge < -0.3 is 20.8 Å². The molecule has 16 heavy (non-hydrogen) atoms. The third kappa shape index (κ3) is 3.05. The number of oxime groups is 1. The minimum Gasteiger partial charge on any atom is -0.504 e. The molecule has 0 saturated carbocycles. The highest BCUT2D eigenvalue weighted by Gasteiger charge is 2.00. The van der Waals surface area contributed by atoms with Gasteiger partial charge in [0.2, 0.25) is 0 Å². The smallest absolute Gasteiger partial charge is 0.251 e. The SMILES string of the molecule is COc1ccc(C=NNC(N)=NO)cc1O. The predicted octanol–water partition coefficient (Wildman–Crippen LogP) is 0.0282. The van der Waals surface area contributed by atoms with Gasteiger partial charge in [0, 0.05) is 0 Å².